The number of ether oxygens (including phenoxy) is 4. The van der Waals surface area contributed by atoms with E-state index in [9.17, 15) is 71.9 Å². The number of carbonyl (C=O) groups is 4. The summed E-state index contributed by atoms with van der Waals surface area (Å²) in [5, 5.41) is 10.5. The molecule has 12 nitrogen and oxygen atoms in total. The average Bonchev–Trinajstić information content (AvgIpc) is 0.770. The molecule has 4 N–H and O–H groups in total. The van der Waals surface area contributed by atoms with Crippen LogP contribution in [0.15, 0.2) is 170 Å². The number of unbranched alkanes of at least 4 members (excludes halogenated alkanes) is 4. The number of hydrogen-bond donors (Lipinski definition) is 4. The van der Waals surface area contributed by atoms with Crippen LogP contribution in [0.2, 0.25) is 0 Å². The molecule has 4 amide bonds. The molecule has 568 valence electrons. The molecule has 1 aliphatic carbocycles. The molecule has 0 aromatic heterocycles. The highest BCUT2D eigenvalue weighted by atomic mass is 19.4. The van der Waals surface area contributed by atoms with Gasteiger partial charge in [0.15, 0.2) is 0 Å². The highest BCUT2D eigenvalue weighted by molar-refractivity contribution is 6.04. The van der Waals surface area contributed by atoms with Gasteiger partial charge < -0.3 is 40.2 Å². The van der Waals surface area contributed by atoms with Gasteiger partial charge in [-0.05, 0) is 262 Å². The van der Waals surface area contributed by atoms with Crippen molar-refractivity contribution >= 4 is 70.7 Å². The fourth-order valence-corrected chi connectivity index (χ4v) is 11.8. The van der Waals surface area contributed by atoms with E-state index < -0.39 is 70.6 Å². The van der Waals surface area contributed by atoms with Crippen molar-refractivity contribution in [1.82, 2.24) is 0 Å². The Morgan fingerprint density at radius 2 is 0.463 bits per heavy atom. The third kappa shape index (κ3) is 23.5. The van der Waals surface area contributed by atoms with Crippen molar-refractivity contribution in [3.8, 4) is 23.0 Å². The standard InChI is InChI=1S/C84H80F12N4O8/c1-5-9-37-105-77-57-41-53(13-33-73(101)97-69-25-17-65(18-26-69)81(85,86)87)42-58(77)50-60-44-55(15-35-75(103)99-71-29-21-67(22-30-71)83(91,92)93)46-62(79(60)107-39-11-7-3)52-64-48-56(16-36-76(104)100-72-31-23-68(24-32-72)84(94,95)96)47-63(80(64)108-40-12-8-4)51-61-45-54(43-59(49-57)78(61)106-38-10-6-2)14-34-74(102)98-70-27-19-66(20-28-70)82(88,89)90/h13-36,41-48H,5-12,37-40,49-52H2,1-4H3,(H,97,101)(H,98,102)(H,99,103)(H,100,104)/b33-13+,34-14+,35-15+,36-16+. The van der Waals surface area contributed by atoms with E-state index in [0.717, 1.165) is 123 Å². The lowest BCUT2D eigenvalue weighted by Crippen LogP contribution is -2.12. The van der Waals surface area contributed by atoms with Gasteiger partial charge in [0.05, 0.1) is 48.7 Å². The van der Waals surface area contributed by atoms with Gasteiger partial charge >= 0.3 is 24.7 Å². The summed E-state index contributed by atoms with van der Waals surface area (Å²) in [7, 11) is 0. The number of rotatable bonds is 28. The first-order valence-corrected chi connectivity index (χ1v) is 35.3. The Morgan fingerprint density at radius 1 is 0.296 bits per heavy atom. The van der Waals surface area contributed by atoms with E-state index in [1.807, 2.05) is 76.2 Å². The van der Waals surface area contributed by atoms with Gasteiger partial charge in [0.1, 0.15) is 23.0 Å². The topological polar surface area (TPSA) is 153 Å². The number of amides is 4. The first kappa shape index (κ1) is 81.0. The summed E-state index contributed by atoms with van der Waals surface area (Å²) in [5.41, 5.74) is 2.97. The number of alkyl halides is 12. The van der Waals surface area contributed by atoms with Gasteiger partial charge in [0.2, 0.25) is 23.6 Å². The zero-order chi connectivity index (χ0) is 77.8. The Labute approximate surface area is 617 Å². The molecule has 0 radical (unpaired) electrons. The van der Waals surface area contributed by atoms with Crippen LogP contribution in [0.4, 0.5) is 75.4 Å². The molecular weight excluding hydrogens is 1420 g/mol. The summed E-state index contributed by atoms with van der Waals surface area (Å²) in [6.07, 6.45) is -2.12. The van der Waals surface area contributed by atoms with Crippen LogP contribution in [0.3, 0.4) is 0 Å². The van der Waals surface area contributed by atoms with Crippen LogP contribution in [0.1, 0.15) is 168 Å². The van der Waals surface area contributed by atoms with Gasteiger partial charge in [-0.3, -0.25) is 19.2 Å². The Hall–Kier alpha value is -11.0. The Morgan fingerprint density at radius 3 is 0.611 bits per heavy atom. The van der Waals surface area contributed by atoms with Crippen LogP contribution < -0.4 is 40.2 Å². The quantitative estimate of drug-likeness (QED) is 0.0215. The molecule has 0 atom stereocenters. The zero-order valence-electron chi connectivity index (χ0n) is 59.6. The molecule has 0 heterocycles. The van der Waals surface area contributed by atoms with E-state index in [4.69, 9.17) is 18.9 Å². The molecule has 0 spiro atoms. The van der Waals surface area contributed by atoms with E-state index in [1.165, 1.54) is 48.6 Å². The molecule has 9 rings (SSSR count). The molecule has 108 heavy (non-hydrogen) atoms. The highest BCUT2D eigenvalue weighted by Crippen LogP contribution is 2.43. The van der Waals surface area contributed by atoms with Crippen LogP contribution in [-0.4, -0.2) is 50.1 Å². The zero-order valence-corrected chi connectivity index (χ0v) is 59.6. The summed E-state index contributed by atoms with van der Waals surface area (Å²) >= 11 is 0. The van der Waals surface area contributed by atoms with Crippen LogP contribution in [0.5, 0.6) is 23.0 Å². The number of carbonyl (C=O) groups excluding carboxylic acids is 4. The summed E-state index contributed by atoms with van der Waals surface area (Å²) < 4.78 is 191. The molecule has 8 aromatic rings. The lowest BCUT2D eigenvalue weighted by Gasteiger charge is -2.24. The van der Waals surface area contributed by atoms with Crippen molar-refractivity contribution in [3.63, 3.8) is 0 Å². The molecule has 0 aliphatic heterocycles. The second-order valence-corrected chi connectivity index (χ2v) is 25.8. The Balaban J connectivity index is 1.30. The number of hydrogen-bond acceptors (Lipinski definition) is 8. The van der Waals surface area contributed by atoms with Gasteiger partial charge in [0.25, 0.3) is 0 Å². The number of halogens is 12. The second kappa shape index (κ2) is 37.0. The van der Waals surface area contributed by atoms with Gasteiger partial charge in [-0.2, -0.15) is 52.7 Å². The fourth-order valence-electron chi connectivity index (χ4n) is 11.8. The molecule has 0 unspecified atom stereocenters. The molecule has 0 fully saturated rings. The van der Waals surface area contributed by atoms with E-state index >= 15 is 0 Å². The minimum Gasteiger partial charge on any atom is -0.493 e. The van der Waals surface area contributed by atoms with Crippen molar-refractivity contribution in [2.24, 2.45) is 0 Å². The van der Waals surface area contributed by atoms with Gasteiger partial charge in [0, 0.05) is 72.7 Å². The van der Waals surface area contributed by atoms with Crippen molar-refractivity contribution in [2.75, 3.05) is 47.7 Å². The molecule has 8 bridgehead atoms. The van der Waals surface area contributed by atoms with Crippen LogP contribution >= 0.6 is 0 Å². The van der Waals surface area contributed by atoms with Crippen molar-refractivity contribution < 1.29 is 90.8 Å². The van der Waals surface area contributed by atoms with Crippen LogP contribution in [-0.2, 0) is 69.6 Å². The number of fused-ring (bicyclic) bond motifs is 8. The van der Waals surface area contributed by atoms with Crippen LogP contribution in [0.25, 0.3) is 24.3 Å². The minimum atomic E-state index is -4.63. The van der Waals surface area contributed by atoms with Crippen molar-refractivity contribution in [1.29, 1.82) is 0 Å². The van der Waals surface area contributed by atoms with Gasteiger partial charge in [-0.15, -0.1) is 0 Å². The summed E-state index contributed by atoms with van der Waals surface area (Å²) in [5.74, 6) is -1.05. The molecule has 0 saturated heterocycles. The predicted molar refractivity (Wildman–Crippen MR) is 395 cm³/mol. The minimum absolute atomic E-state index is 0.0195. The van der Waals surface area contributed by atoms with Crippen molar-refractivity contribution in [3.05, 3.63) is 259 Å². The monoisotopic (exact) mass is 1500 g/mol. The lowest BCUT2D eigenvalue weighted by molar-refractivity contribution is -0.138. The first-order chi connectivity index (χ1) is 51.5. The van der Waals surface area contributed by atoms with E-state index in [1.54, 1.807) is 0 Å². The highest BCUT2D eigenvalue weighted by Gasteiger charge is 2.34. The SMILES string of the molecule is CCCCOc1c2cc(/C=C/C(=O)Nc3ccc(C(F)(F)F)cc3)cc1Cc1cc(/C=C/C(=O)Nc3ccc(C(F)(F)F)cc3)cc(c1OCCCC)Cc1cc(/C=C/C(=O)Nc3ccc(C(F)(F)F)cc3)cc(c1OCCCC)Cc1cc(/C=C/C(=O)Nc3ccc(C(F)(F)F)cc3)cc(c1OCCCC)C2. The Kier molecular flexibility index (Phi) is 27.8. The average molecular weight is 1500 g/mol. The molecular formula is C84H80F12N4O8. The lowest BCUT2D eigenvalue weighted by atomic mass is 9.88. The summed E-state index contributed by atoms with van der Waals surface area (Å²) in [6, 6.07) is 30.3. The fraction of sp³-hybridized carbons (Fsp3) is 0.286. The Bertz CT molecular complexity index is 3910. The third-order valence-electron chi connectivity index (χ3n) is 17.2. The summed E-state index contributed by atoms with van der Waals surface area (Å²) in [6.45, 7) is 8.83. The molecule has 1 aliphatic rings. The molecule has 0 saturated carbocycles. The largest absolute Gasteiger partial charge is 0.493 e. The maximum Gasteiger partial charge on any atom is 0.416 e. The van der Waals surface area contributed by atoms with E-state index in [-0.39, 0.29) is 74.9 Å². The van der Waals surface area contributed by atoms with Crippen molar-refractivity contribution in [2.45, 2.75) is 129 Å². The maximum atomic E-state index is 13.8. The number of benzene rings is 8. The molecule has 24 heteroatoms. The number of nitrogens with one attached hydrogen (secondary N) is 4. The maximum absolute atomic E-state index is 13.8. The van der Waals surface area contributed by atoms with Gasteiger partial charge in [-0.1, -0.05) is 53.4 Å². The third-order valence-corrected chi connectivity index (χ3v) is 17.2. The predicted octanol–water partition coefficient (Wildman–Crippen LogP) is 21.8. The first-order valence-electron chi connectivity index (χ1n) is 35.3. The summed E-state index contributed by atoms with van der Waals surface area (Å²) in [4.78, 5) is 55.4. The second-order valence-electron chi connectivity index (χ2n) is 25.8. The smallest absolute Gasteiger partial charge is 0.416 e. The van der Waals surface area contributed by atoms with Gasteiger partial charge in [-0.25, -0.2) is 0 Å². The van der Waals surface area contributed by atoms with E-state index in [2.05, 4.69) is 21.3 Å². The number of anilines is 4. The van der Waals surface area contributed by atoms with E-state index in [0.29, 0.717) is 115 Å². The normalized spacial score (nSPS) is 12.7. The molecule has 8 aromatic carbocycles. The van der Waals surface area contributed by atoms with Crippen LogP contribution in [0, 0.1) is 0 Å².